The molecule has 0 bridgehead atoms. The van der Waals surface area contributed by atoms with Crippen molar-refractivity contribution in [2.24, 2.45) is 0 Å². The normalized spacial score (nSPS) is 11.7. The van der Waals surface area contributed by atoms with Crippen LogP contribution in [0, 0.1) is 0 Å². The van der Waals surface area contributed by atoms with Gasteiger partial charge in [-0.25, -0.2) is 0 Å². The first kappa shape index (κ1) is 30.3. The number of hydrogen-bond donors (Lipinski definition) is 2. The maximum atomic E-state index is 11.0. The van der Waals surface area contributed by atoms with Gasteiger partial charge in [-0.1, -0.05) is 115 Å². The van der Waals surface area contributed by atoms with Crippen molar-refractivity contribution in [3.63, 3.8) is 0 Å². The molecule has 1 unspecified atom stereocenters. The lowest BCUT2D eigenvalue weighted by atomic mass is 9.99. The van der Waals surface area contributed by atoms with Crippen molar-refractivity contribution in [1.29, 1.82) is 0 Å². The number of unbranched alkanes of at least 4 members (excludes halogenated alkanes) is 15. The lowest BCUT2D eigenvalue weighted by molar-refractivity contribution is -0.299. The highest BCUT2D eigenvalue weighted by molar-refractivity contribution is 5.85. The summed E-state index contributed by atoms with van der Waals surface area (Å²) < 4.78 is 0. The molecular formula is C25H51NO3. The van der Waals surface area contributed by atoms with E-state index >= 15 is 0 Å². The molecule has 0 heterocycles. The summed E-state index contributed by atoms with van der Waals surface area (Å²) in [6.45, 7) is 5.78. The number of aliphatic hydroxyl groups excluding tert-OH is 1. The Morgan fingerprint density at radius 2 is 1.07 bits per heavy atom. The zero-order valence-corrected chi connectivity index (χ0v) is 20.1. The zero-order valence-electron chi connectivity index (χ0n) is 20.1. The number of carbonyl (C=O) groups excluding carboxylic acids is 1. The van der Waals surface area contributed by atoms with Crippen LogP contribution in [-0.2, 0) is 4.79 Å². The first-order valence-corrected chi connectivity index (χ1v) is 12.0. The predicted molar refractivity (Wildman–Crippen MR) is 124 cm³/mol. The highest BCUT2D eigenvalue weighted by atomic mass is 16.4. The van der Waals surface area contributed by atoms with Crippen LogP contribution in [0.4, 0.5) is 0 Å². The van der Waals surface area contributed by atoms with E-state index in [2.05, 4.69) is 6.92 Å². The molecule has 4 nitrogen and oxygen atoms in total. The Morgan fingerprint density at radius 1 is 0.724 bits per heavy atom. The van der Waals surface area contributed by atoms with E-state index < -0.39 is 12.1 Å². The number of carboxylic acid groups (broad SMARTS) is 1. The fourth-order valence-corrected chi connectivity index (χ4v) is 3.76. The summed E-state index contributed by atoms with van der Waals surface area (Å²) in [4.78, 5) is 11.0. The van der Waals surface area contributed by atoms with Crippen molar-refractivity contribution in [1.82, 2.24) is 6.15 Å². The van der Waals surface area contributed by atoms with Gasteiger partial charge in [0.15, 0.2) is 0 Å². The Balaban J connectivity index is 0. The number of quaternary nitrogens is 1. The van der Waals surface area contributed by atoms with E-state index in [-0.39, 0.29) is 18.1 Å². The van der Waals surface area contributed by atoms with Gasteiger partial charge in [0.05, 0.1) is 12.1 Å². The van der Waals surface area contributed by atoms with Crippen molar-refractivity contribution < 1.29 is 15.0 Å². The predicted octanol–water partition coefficient (Wildman–Crippen LogP) is 6.85. The summed E-state index contributed by atoms with van der Waals surface area (Å²) in [5.41, 5.74) is 0.981. The average Bonchev–Trinajstić information content (AvgIpc) is 2.65. The van der Waals surface area contributed by atoms with Gasteiger partial charge < -0.3 is 21.2 Å². The lowest BCUT2D eigenvalue weighted by Gasteiger charge is -2.16. The molecule has 4 heteroatoms. The van der Waals surface area contributed by atoms with E-state index in [1.807, 2.05) is 0 Å². The summed E-state index contributed by atoms with van der Waals surface area (Å²) in [5, 5.41) is 21.0. The molecule has 0 aromatic carbocycles. The quantitative estimate of drug-likeness (QED) is 0.169. The van der Waals surface area contributed by atoms with E-state index in [0.717, 1.165) is 18.4 Å². The van der Waals surface area contributed by atoms with Crippen LogP contribution in [0.1, 0.15) is 136 Å². The topological polar surface area (TPSA) is 96.9 Å². The number of carbonyl (C=O) groups is 1. The standard InChI is InChI=1S/C25H48O3.H3N/c1-4-5-6-7-8-9-10-11-12-13-14-15-16-17-18-19-20-23(26)21-24(22(2)3)25(27)28;/h23,26H,4-21H2,1-3H3,(H,27,28);1H3. The van der Waals surface area contributed by atoms with Crippen molar-refractivity contribution in [3.05, 3.63) is 11.1 Å². The Hall–Kier alpha value is -0.870. The van der Waals surface area contributed by atoms with Crippen LogP contribution < -0.4 is 11.3 Å². The maximum Gasteiger partial charge on any atom is 0.0675 e. The maximum absolute atomic E-state index is 11.0. The molecular weight excluding hydrogens is 362 g/mol. The molecule has 0 aromatic heterocycles. The minimum atomic E-state index is -1.15. The van der Waals surface area contributed by atoms with Gasteiger partial charge in [0, 0.05) is 6.42 Å². The number of rotatable bonds is 20. The third kappa shape index (κ3) is 20.2. The molecule has 0 aliphatic rings. The van der Waals surface area contributed by atoms with Gasteiger partial charge in [0.1, 0.15) is 0 Å². The largest absolute Gasteiger partial charge is 0.545 e. The molecule has 29 heavy (non-hydrogen) atoms. The Morgan fingerprint density at radius 3 is 1.38 bits per heavy atom. The third-order valence-corrected chi connectivity index (χ3v) is 5.68. The SMILES string of the molecule is CCCCCCCCCCCCCCCCCCC(O)CC(C(=O)[O-])=C(C)C.[NH4+]. The molecule has 0 saturated heterocycles. The Labute approximate surface area is 181 Å². The first-order valence-electron chi connectivity index (χ1n) is 12.0. The van der Waals surface area contributed by atoms with E-state index in [4.69, 9.17) is 0 Å². The smallest absolute Gasteiger partial charge is 0.0675 e. The summed E-state index contributed by atoms with van der Waals surface area (Å²) in [6, 6.07) is 0. The summed E-state index contributed by atoms with van der Waals surface area (Å²) >= 11 is 0. The van der Waals surface area contributed by atoms with Gasteiger partial charge >= 0.3 is 0 Å². The molecule has 1 atom stereocenters. The molecule has 0 spiro atoms. The van der Waals surface area contributed by atoms with Gasteiger partial charge in [-0.2, -0.15) is 0 Å². The van der Waals surface area contributed by atoms with Crippen molar-refractivity contribution in [2.45, 2.75) is 142 Å². The second kappa shape index (κ2) is 21.8. The van der Waals surface area contributed by atoms with Gasteiger partial charge in [-0.3, -0.25) is 0 Å². The van der Waals surface area contributed by atoms with E-state index in [9.17, 15) is 15.0 Å². The Bertz CT molecular complexity index is 403. The van der Waals surface area contributed by atoms with E-state index in [1.165, 1.54) is 89.9 Å². The minimum absolute atomic E-state index is 0. The monoisotopic (exact) mass is 413 g/mol. The fraction of sp³-hybridized carbons (Fsp3) is 0.880. The number of aliphatic carboxylic acids is 1. The van der Waals surface area contributed by atoms with Gasteiger partial charge in [-0.15, -0.1) is 0 Å². The van der Waals surface area contributed by atoms with Gasteiger partial charge in [0.2, 0.25) is 0 Å². The van der Waals surface area contributed by atoms with Crippen LogP contribution in [0.5, 0.6) is 0 Å². The van der Waals surface area contributed by atoms with Crippen molar-refractivity contribution in [3.8, 4) is 0 Å². The highest BCUT2D eigenvalue weighted by Crippen LogP contribution is 2.17. The molecule has 0 radical (unpaired) electrons. The van der Waals surface area contributed by atoms with Crippen LogP contribution in [-0.4, -0.2) is 17.2 Å². The zero-order chi connectivity index (χ0) is 21.0. The van der Waals surface area contributed by atoms with Crippen molar-refractivity contribution >= 4 is 5.97 Å². The number of aliphatic hydroxyl groups is 1. The summed E-state index contributed by atoms with van der Waals surface area (Å²) in [6.07, 6.45) is 21.7. The molecule has 0 rings (SSSR count). The molecule has 0 saturated carbocycles. The summed E-state index contributed by atoms with van der Waals surface area (Å²) in [5.74, 6) is -1.15. The van der Waals surface area contributed by atoms with Crippen molar-refractivity contribution in [2.75, 3.05) is 0 Å². The number of hydrogen-bond acceptors (Lipinski definition) is 3. The average molecular weight is 414 g/mol. The molecule has 0 aromatic rings. The highest BCUT2D eigenvalue weighted by Gasteiger charge is 2.09. The van der Waals surface area contributed by atoms with Crippen LogP contribution in [0.25, 0.3) is 0 Å². The number of allylic oxidation sites excluding steroid dienone is 1. The van der Waals surface area contributed by atoms with E-state index in [0.29, 0.717) is 6.42 Å². The second-order valence-electron chi connectivity index (χ2n) is 8.72. The van der Waals surface area contributed by atoms with Gasteiger partial charge in [-0.05, 0) is 25.8 Å². The fourth-order valence-electron chi connectivity index (χ4n) is 3.76. The third-order valence-electron chi connectivity index (χ3n) is 5.68. The van der Waals surface area contributed by atoms with Crippen LogP contribution >= 0.6 is 0 Å². The molecule has 0 aliphatic carbocycles. The van der Waals surface area contributed by atoms with Crippen LogP contribution in [0.15, 0.2) is 11.1 Å². The molecule has 174 valence electrons. The number of carboxylic acids is 1. The summed E-state index contributed by atoms with van der Waals surface area (Å²) in [7, 11) is 0. The molecule has 0 aliphatic heterocycles. The second-order valence-corrected chi connectivity index (χ2v) is 8.72. The lowest BCUT2D eigenvalue weighted by Crippen LogP contribution is -2.27. The molecule has 0 fully saturated rings. The minimum Gasteiger partial charge on any atom is -0.545 e. The molecule has 0 amide bonds. The Kier molecular flexibility index (Phi) is 22.8. The van der Waals surface area contributed by atoms with Gasteiger partial charge in [0.25, 0.3) is 0 Å². The van der Waals surface area contributed by atoms with Crippen LogP contribution in [0.2, 0.25) is 0 Å². The molecule has 5 N–H and O–H groups in total. The van der Waals surface area contributed by atoms with Crippen LogP contribution in [0.3, 0.4) is 0 Å². The first-order chi connectivity index (χ1) is 13.5. The van der Waals surface area contributed by atoms with E-state index in [1.54, 1.807) is 13.8 Å².